The minimum Gasteiger partial charge on any atom is -0.462 e. The first kappa shape index (κ1) is 80.1. The van der Waals surface area contributed by atoms with Gasteiger partial charge in [0.15, 0.2) is 6.10 Å². The Morgan fingerprint density at radius 2 is 0.434 bits per heavy atom. The maximum Gasteiger partial charge on any atom is 0.306 e. The van der Waals surface area contributed by atoms with Crippen molar-refractivity contribution >= 4 is 17.9 Å². The van der Waals surface area contributed by atoms with Crippen molar-refractivity contribution in [2.45, 2.75) is 399 Å². The van der Waals surface area contributed by atoms with Gasteiger partial charge in [-0.1, -0.05) is 345 Å². The predicted octanol–water partition coefficient (Wildman–Crippen LogP) is 25.5. The molecule has 1 atom stereocenters. The Bertz CT molecular complexity index is 1470. The number of allylic oxidation sites excluding steroid dienone is 10. The maximum atomic E-state index is 13.0. The lowest BCUT2D eigenvalue weighted by atomic mass is 10.0. The highest BCUT2D eigenvalue weighted by atomic mass is 16.6. The van der Waals surface area contributed by atoms with Crippen LogP contribution in [0.3, 0.4) is 0 Å². The third kappa shape index (κ3) is 69.8. The number of ether oxygens (including phenoxy) is 3. The molecule has 0 saturated carbocycles. The highest BCUT2D eigenvalue weighted by molar-refractivity contribution is 5.71. The summed E-state index contributed by atoms with van der Waals surface area (Å²) in [4.78, 5) is 38.5. The number of unbranched alkanes of at least 4 members (excludes halogenated alkanes) is 47. The van der Waals surface area contributed by atoms with Crippen LogP contribution in [-0.2, 0) is 28.6 Å². The molecule has 0 aliphatic rings. The zero-order valence-electron chi connectivity index (χ0n) is 55.7. The van der Waals surface area contributed by atoms with Gasteiger partial charge in [0.05, 0.1) is 0 Å². The van der Waals surface area contributed by atoms with Gasteiger partial charge in [0.2, 0.25) is 0 Å². The Kier molecular flexibility index (Phi) is 69.1. The molecule has 0 aromatic heterocycles. The van der Waals surface area contributed by atoms with Crippen LogP contribution in [0, 0.1) is 0 Å². The van der Waals surface area contributed by atoms with Crippen LogP contribution in [0.5, 0.6) is 0 Å². The average Bonchev–Trinajstić information content (AvgIpc) is 3.49. The fraction of sp³-hybridized carbons (Fsp3) is 0.831. The van der Waals surface area contributed by atoms with Crippen molar-refractivity contribution in [1.29, 1.82) is 0 Å². The van der Waals surface area contributed by atoms with E-state index in [0.717, 1.165) is 89.9 Å². The second-order valence-electron chi connectivity index (χ2n) is 24.9. The van der Waals surface area contributed by atoms with Gasteiger partial charge in [-0.05, 0) is 89.9 Å². The van der Waals surface area contributed by atoms with E-state index in [0.29, 0.717) is 19.3 Å². The molecule has 0 amide bonds. The lowest BCUT2D eigenvalue weighted by Crippen LogP contribution is -2.30. The molecule has 0 N–H and O–H groups in total. The van der Waals surface area contributed by atoms with E-state index < -0.39 is 6.10 Å². The van der Waals surface area contributed by atoms with Gasteiger partial charge in [-0.3, -0.25) is 14.4 Å². The van der Waals surface area contributed by atoms with Crippen molar-refractivity contribution in [1.82, 2.24) is 0 Å². The van der Waals surface area contributed by atoms with Crippen LogP contribution in [0.1, 0.15) is 393 Å². The fourth-order valence-electron chi connectivity index (χ4n) is 11.0. The molecule has 0 aliphatic carbocycles. The third-order valence-electron chi connectivity index (χ3n) is 16.5. The number of hydrogen-bond donors (Lipinski definition) is 0. The summed E-state index contributed by atoms with van der Waals surface area (Å²) in [6.45, 7) is 6.66. The average molecular weight is 1160 g/mol. The molecule has 0 bridgehead atoms. The quantitative estimate of drug-likeness (QED) is 0.0261. The van der Waals surface area contributed by atoms with Gasteiger partial charge in [-0.2, -0.15) is 0 Å². The molecule has 0 rings (SSSR count). The van der Waals surface area contributed by atoms with Crippen molar-refractivity contribution in [3.05, 3.63) is 60.8 Å². The number of carbonyl (C=O) groups excluding carboxylic acids is 3. The van der Waals surface area contributed by atoms with Crippen LogP contribution in [0.15, 0.2) is 60.8 Å². The molecule has 0 aromatic rings. The highest BCUT2D eigenvalue weighted by Crippen LogP contribution is 2.18. The van der Waals surface area contributed by atoms with Crippen LogP contribution in [0.2, 0.25) is 0 Å². The van der Waals surface area contributed by atoms with Crippen LogP contribution in [0.4, 0.5) is 0 Å². The van der Waals surface area contributed by atoms with Gasteiger partial charge in [-0.15, -0.1) is 0 Å². The summed E-state index contributed by atoms with van der Waals surface area (Å²) in [7, 11) is 0. The normalized spacial score (nSPS) is 12.4. The molecule has 0 spiro atoms. The standard InChI is InChI=1S/C77H140O6/c1-4-7-10-13-16-19-22-25-28-30-32-34-35-36-37-38-39-40-41-43-44-46-49-52-55-58-61-64-67-70-76(79)82-73-74(72-81-75(78)69-66-63-60-57-54-51-48-27-24-21-18-15-12-9-6-3)83-77(80)71-68-65-62-59-56-53-50-47-45-42-33-31-29-26-23-20-17-14-11-8-5-2/h18,21-22,25,27,30,32,35-36,48,74H,4-17,19-20,23-24,26,28-29,31,33-34,37-47,49-73H2,1-3H3/b21-18-,25-22-,32-30-,36-35-,48-27-. The zero-order valence-corrected chi connectivity index (χ0v) is 55.7. The monoisotopic (exact) mass is 1160 g/mol. The Balaban J connectivity index is 4.25. The molecule has 484 valence electrons. The maximum absolute atomic E-state index is 13.0. The second-order valence-corrected chi connectivity index (χ2v) is 24.9. The van der Waals surface area contributed by atoms with Crippen LogP contribution >= 0.6 is 0 Å². The zero-order chi connectivity index (χ0) is 59.9. The molecule has 0 heterocycles. The topological polar surface area (TPSA) is 78.9 Å². The molecule has 0 aromatic carbocycles. The van der Waals surface area contributed by atoms with Gasteiger partial charge in [0.1, 0.15) is 13.2 Å². The Hall–Kier alpha value is -2.89. The number of carbonyl (C=O) groups is 3. The van der Waals surface area contributed by atoms with Crippen molar-refractivity contribution in [2.75, 3.05) is 13.2 Å². The van der Waals surface area contributed by atoms with Crippen molar-refractivity contribution in [3.63, 3.8) is 0 Å². The summed E-state index contributed by atoms with van der Waals surface area (Å²) in [6.07, 6.45) is 92.5. The van der Waals surface area contributed by atoms with E-state index in [9.17, 15) is 14.4 Å². The Morgan fingerprint density at radius 1 is 0.241 bits per heavy atom. The predicted molar refractivity (Wildman–Crippen MR) is 362 cm³/mol. The number of esters is 3. The Labute approximate surface area is 517 Å². The van der Waals surface area contributed by atoms with Crippen molar-refractivity contribution in [3.8, 4) is 0 Å². The minimum atomic E-state index is -0.780. The molecular formula is C77H140O6. The first-order valence-corrected chi connectivity index (χ1v) is 36.8. The summed E-state index contributed by atoms with van der Waals surface area (Å²) < 4.78 is 17.0. The van der Waals surface area contributed by atoms with Gasteiger partial charge in [0.25, 0.3) is 0 Å². The summed E-state index contributed by atoms with van der Waals surface area (Å²) in [5.74, 6) is -0.863. The highest BCUT2D eigenvalue weighted by Gasteiger charge is 2.19. The molecule has 6 nitrogen and oxygen atoms in total. The largest absolute Gasteiger partial charge is 0.462 e. The third-order valence-corrected chi connectivity index (χ3v) is 16.5. The molecule has 0 aliphatic heterocycles. The fourth-order valence-corrected chi connectivity index (χ4v) is 11.0. The minimum absolute atomic E-state index is 0.0747. The smallest absolute Gasteiger partial charge is 0.306 e. The van der Waals surface area contributed by atoms with E-state index >= 15 is 0 Å². The van der Waals surface area contributed by atoms with Gasteiger partial charge in [-0.25, -0.2) is 0 Å². The Morgan fingerprint density at radius 3 is 0.699 bits per heavy atom. The molecule has 1 unspecified atom stereocenters. The molecule has 0 saturated heterocycles. The molecule has 6 heteroatoms. The van der Waals surface area contributed by atoms with Gasteiger partial charge >= 0.3 is 17.9 Å². The SMILES string of the molecule is CCCCC/C=C\C/C=C\CCCCCCCC(=O)OCC(COC(=O)CCCCCCCCCCCCCCCC/C=C\C/C=C\C/C=C\CCCCCCC)OC(=O)CCCCCCCCCCCCCCCCCCCCCCC. The molecule has 83 heavy (non-hydrogen) atoms. The first-order valence-electron chi connectivity index (χ1n) is 36.8. The van der Waals surface area contributed by atoms with E-state index in [1.165, 1.54) is 263 Å². The van der Waals surface area contributed by atoms with E-state index in [-0.39, 0.29) is 31.1 Å². The van der Waals surface area contributed by atoms with E-state index in [1.54, 1.807) is 0 Å². The van der Waals surface area contributed by atoms with Crippen molar-refractivity contribution < 1.29 is 28.6 Å². The summed E-state index contributed by atoms with van der Waals surface area (Å²) >= 11 is 0. The lowest BCUT2D eigenvalue weighted by molar-refractivity contribution is -0.167. The van der Waals surface area contributed by atoms with E-state index in [4.69, 9.17) is 14.2 Å². The second kappa shape index (κ2) is 71.6. The van der Waals surface area contributed by atoms with Gasteiger partial charge in [0, 0.05) is 19.3 Å². The summed E-state index contributed by atoms with van der Waals surface area (Å²) in [5.41, 5.74) is 0. The number of rotatable bonds is 68. The molecule has 0 radical (unpaired) electrons. The van der Waals surface area contributed by atoms with Crippen molar-refractivity contribution in [2.24, 2.45) is 0 Å². The van der Waals surface area contributed by atoms with E-state index in [2.05, 4.69) is 81.5 Å². The van der Waals surface area contributed by atoms with Crippen LogP contribution < -0.4 is 0 Å². The van der Waals surface area contributed by atoms with Crippen LogP contribution in [0.25, 0.3) is 0 Å². The number of hydrogen-bond acceptors (Lipinski definition) is 6. The summed E-state index contributed by atoms with van der Waals surface area (Å²) in [6, 6.07) is 0. The summed E-state index contributed by atoms with van der Waals surface area (Å²) in [5, 5.41) is 0. The first-order chi connectivity index (χ1) is 41.0. The molecular weight excluding hydrogens is 1020 g/mol. The van der Waals surface area contributed by atoms with Gasteiger partial charge < -0.3 is 14.2 Å². The van der Waals surface area contributed by atoms with E-state index in [1.807, 2.05) is 0 Å². The van der Waals surface area contributed by atoms with Crippen LogP contribution in [-0.4, -0.2) is 37.2 Å². The molecule has 0 fully saturated rings. The lowest BCUT2D eigenvalue weighted by Gasteiger charge is -2.18.